The van der Waals surface area contributed by atoms with Gasteiger partial charge in [-0.05, 0) is 30.0 Å². The van der Waals surface area contributed by atoms with E-state index in [2.05, 4.69) is 17.6 Å². The summed E-state index contributed by atoms with van der Waals surface area (Å²) in [6.07, 6.45) is 2.92. The van der Waals surface area contributed by atoms with Crippen LogP contribution in [-0.2, 0) is 6.42 Å². The number of hydrazine groups is 1. The molecule has 88 valence electrons. The Kier molecular flexibility index (Phi) is 4.04. The standard InChI is InChI=1S/C12H17ClN2O/c13-6-1-2-11(15-14)9-3-4-12-10(8-9)5-7-16-12/h3-4,8,11,15H,1-2,5-7,14H2. The lowest BCUT2D eigenvalue weighted by molar-refractivity contribution is 0.356. The topological polar surface area (TPSA) is 47.3 Å². The summed E-state index contributed by atoms with van der Waals surface area (Å²) in [4.78, 5) is 0. The molecule has 0 bridgehead atoms. The fourth-order valence-electron chi connectivity index (χ4n) is 2.05. The van der Waals surface area contributed by atoms with Crippen molar-refractivity contribution in [2.75, 3.05) is 12.5 Å². The number of nitrogens with two attached hydrogens (primary N) is 1. The number of hydrogen-bond acceptors (Lipinski definition) is 3. The Morgan fingerprint density at radius 3 is 3.12 bits per heavy atom. The second kappa shape index (κ2) is 5.53. The first-order valence-corrected chi connectivity index (χ1v) is 6.16. The maximum Gasteiger partial charge on any atom is 0.122 e. The first kappa shape index (κ1) is 11.7. The van der Waals surface area contributed by atoms with E-state index in [1.807, 2.05) is 6.07 Å². The maximum atomic E-state index is 5.70. The van der Waals surface area contributed by atoms with Crippen molar-refractivity contribution < 1.29 is 4.74 Å². The summed E-state index contributed by atoms with van der Waals surface area (Å²) in [5.74, 6) is 7.25. The van der Waals surface area contributed by atoms with E-state index < -0.39 is 0 Å². The normalized spacial score (nSPS) is 15.6. The number of benzene rings is 1. The molecule has 0 saturated carbocycles. The van der Waals surface area contributed by atoms with E-state index in [1.165, 1.54) is 11.1 Å². The van der Waals surface area contributed by atoms with Crippen molar-refractivity contribution in [2.45, 2.75) is 25.3 Å². The fourth-order valence-corrected chi connectivity index (χ4v) is 2.21. The minimum Gasteiger partial charge on any atom is -0.493 e. The second-order valence-electron chi connectivity index (χ2n) is 4.02. The van der Waals surface area contributed by atoms with E-state index >= 15 is 0 Å². The lowest BCUT2D eigenvalue weighted by atomic mass is 10.00. The molecule has 0 saturated heterocycles. The quantitative estimate of drug-likeness (QED) is 0.471. The highest BCUT2D eigenvalue weighted by molar-refractivity contribution is 6.17. The predicted octanol–water partition coefficient (Wildman–Crippen LogP) is 2.14. The van der Waals surface area contributed by atoms with Gasteiger partial charge in [-0.25, -0.2) is 0 Å². The van der Waals surface area contributed by atoms with Crippen LogP contribution in [0.25, 0.3) is 0 Å². The van der Waals surface area contributed by atoms with Gasteiger partial charge in [0.1, 0.15) is 5.75 Å². The average molecular weight is 241 g/mol. The molecular weight excluding hydrogens is 224 g/mol. The van der Waals surface area contributed by atoms with Crippen molar-refractivity contribution in [1.29, 1.82) is 0 Å². The van der Waals surface area contributed by atoms with Gasteiger partial charge in [0.2, 0.25) is 0 Å². The van der Waals surface area contributed by atoms with Crippen molar-refractivity contribution in [3.8, 4) is 5.75 Å². The highest BCUT2D eigenvalue weighted by Crippen LogP contribution is 2.29. The maximum absolute atomic E-state index is 5.70. The van der Waals surface area contributed by atoms with Crippen LogP contribution in [0.1, 0.15) is 30.0 Å². The molecular formula is C12H17ClN2O. The average Bonchev–Trinajstić information content (AvgIpc) is 2.77. The van der Waals surface area contributed by atoms with Gasteiger partial charge in [0.05, 0.1) is 6.61 Å². The number of ether oxygens (including phenoxy) is 1. The van der Waals surface area contributed by atoms with Crippen LogP contribution in [0.4, 0.5) is 0 Å². The molecule has 0 aromatic heterocycles. The summed E-state index contributed by atoms with van der Waals surface area (Å²) in [5.41, 5.74) is 5.35. The Hall–Kier alpha value is -0.770. The second-order valence-corrected chi connectivity index (χ2v) is 4.39. The van der Waals surface area contributed by atoms with Crippen LogP contribution in [-0.4, -0.2) is 12.5 Å². The third-order valence-electron chi connectivity index (χ3n) is 2.94. The van der Waals surface area contributed by atoms with Gasteiger partial charge >= 0.3 is 0 Å². The largest absolute Gasteiger partial charge is 0.493 e. The molecule has 0 aliphatic carbocycles. The molecule has 1 heterocycles. The molecule has 1 aromatic carbocycles. The van der Waals surface area contributed by atoms with Gasteiger partial charge in [-0.1, -0.05) is 12.1 Å². The fraction of sp³-hybridized carbons (Fsp3) is 0.500. The minimum atomic E-state index is 0.185. The molecule has 4 heteroatoms. The van der Waals surface area contributed by atoms with Gasteiger partial charge < -0.3 is 4.74 Å². The van der Waals surface area contributed by atoms with Crippen LogP contribution in [0.3, 0.4) is 0 Å². The van der Waals surface area contributed by atoms with Crippen LogP contribution in [0, 0.1) is 0 Å². The molecule has 3 nitrogen and oxygen atoms in total. The molecule has 3 N–H and O–H groups in total. The zero-order valence-electron chi connectivity index (χ0n) is 9.21. The first-order valence-electron chi connectivity index (χ1n) is 5.63. The SMILES string of the molecule is NNC(CCCCl)c1ccc2c(c1)CCO2. The van der Waals surface area contributed by atoms with Gasteiger partial charge in [0, 0.05) is 18.3 Å². The summed E-state index contributed by atoms with van der Waals surface area (Å²) >= 11 is 5.70. The first-order chi connectivity index (χ1) is 7.85. The van der Waals surface area contributed by atoms with E-state index in [-0.39, 0.29) is 6.04 Å². The van der Waals surface area contributed by atoms with Crippen molar-refractivity contribution in [2.24, 2.45) is 5.84 Å². The van der Waals surface area contributed by atoms with E-state index in [4.69, 9.17) is 22.2 Å². The van der Waals surface area contributed by atoms with E-state index in [1.54, 1.807) is 0 Å². The molecule has 1 aliphatic rings. The number of fused-ring (bicyclic) bond motifs is 1. The Balaban J connectivity index is 2.12. The summed E-state index contributed by atoms with van der Waals surface area (Å²) < 4.78 is 5.48. The van der Waals surface area contributed by atoms with Crippen molar-refractivity contribution in [3.63, 3.8) is 0 Å². The van der Waals surface area contributed by atoms with Crippen LogP contribution in [0.15, 0.2) is 18.2 Å². The van der Waals surface area contributed by atoms with Gasteiger partial charge in [-0.2, -0.15) is 0 Å². The number of nitrogens with one attached hydrogen (secondary N) is 1. The molecule has 1 aliphatic heterocycles. The number of halogens is 1. The number of hydrogen-bond donors (Lipinski definition) is 2. The highest BCUT2D eigenvalue weighted by atomic mass is 35.5. The molecule has 1 atom stereocenters. The highest BCUT2D eigenvalue weighted by Gasteiger charge is 2.15. The Labute approximate surface area is 101 Å². The molecule has 0 fully saturated rings. The zero-order chi connectivity index (χ0) is 11.4. The van der Waals surface area contributed by atoms with Crippen molar-refractivity contribution in [3.05, 3.63) is 29.3 Å². The lowest BCUT2D eigenvalue weighted by Gasteiger charge is -2.16. The summed E-state index contributed by atoms with van der Waals surface area (Å²) in [6.45, 7) is 0.793. The summed E-state index contributed by atoms with van der Waals surface area (Å²) in [5, 5.41) is 0. The summed E-state index contributed by atoms with van der Waals surface area (Å²) in [7, 11) is 0. The van der Waals surface area contributed by atoms with Crippen molar-refractivity contribution in [1.82, 2.24) is 5.43 Å². The minimum absolute atomic E-state index is 0.185. The van der Waals surface area contributed by atoms with Crippen LogP contribution in [0.2, 0.25) is 0 Å². The summed E-state index contributed by atoms with van der Waals surface area (Å²) in [6, 6.07) is 6.47. The van der Waals surface area contributed by atoms with Gasteiger partial charge in [-0.15, -0.1) is 11.6 Å². The van der Waals surface area contributed by atoms with Gasteiger partial charge in [0.25, 0.3) is 0 Å². The molecule has 2 rings (SSSR count). The Morgan fingerprint density at radius 1 is 1.50 bits per heavy atom. The van der Waals surface area contributed by atoms with Crippen LogP contribution >= 0.6 is 11.6 Å². The third-order valence-corrected chi connectivity index (χ3v) is 3.21. The van der Waals surface area contributed by atoms with E-state index in [9.17, 15) is 0 Å². The molecule has 0 spiro atoms. The predicted molar refractivity (Wildman–Crippen MR) is 65.7 cm³/mol. The third kappa shape index (κ3) is 2.48. The van der Waals surface area contributed by atoms with Crippen LogP contribution < -0.4 is 16.0 Å². The molecule has 1 aromatic rings. The molecule has 0 radical (unpaired) electrons. The van der Waals surface area contributed by atoms with Crippen molar-refractivity contribution >= 4 is 11.6 Å². The Bertz CT molecular complexity index is 357. The van der Waals surface area contributed by atoms with E-state index in [0.29, 0.717) is 5.88 Å². The molecule has 0 amide bonds. The molecule has 1 unspecified atom stereocenters. The number of rotatable bonds is 5. The van der Waals surface area contributed by atoms with Gasteiger partial charge in [-0.3, -0.25) is 11.3 Å². The molecule has 16 heavy (non-hydrogen) atoms. The van der Waals surface area contributed by atoms with E-state index in [0.717, 1.165) is 31.6 Å². The monoisotopic (exact) mass is 240 g/mol. The van der Waals surface area contributed by atoms with Gasteiger partial charge in [0.15, 0.2) is 0 Å². The zero-order valence-corrected chi connectivity index (χ0v) is 9.96. The smallest absolute Gasteiger partial charge is 0.122 e. The lowest BCUT2D eigenvalue weighted by Crippen LogP contribution is -2.28. The Morgan fingerprint density at radius 2 is 2.38 bits per heavy atom. The van der Waals surface area contributed by atoms with Crippen LogP contribution in [0.5, 0.6) is 5.75 Å². The number of alkyl halides is 1.